The Labute approximate surface area is 207 Å². The van der Waals surface area contributed by atoms with Gasteiger partial charge in [0.05, 0.1) is 11.0 Å². The van der Waals surface area contributed by atoms with Crippen LogP contribution in [-0.4, -0.2) is 28.1 Å². The third-order valence-electron chi connectivity index (χ3n) is 8.46. The maximum absolute atomic E-state index is 14.4. The van der Waals surface area contributed by atoms with E-state index in [1.807, 2.05) is 4.57 Å². The zero-order valence-corrected chi connectivity index (χ0v) is 20.7. The molecule has 3 fully saturated rings. The van der Waals surface area contributed by atoms with Gasteiger partial charge in [-0.15, -0.1) is 0 Å². The second-order valence-corrected chi connectivity index (χ2v) is 11.0. The number of amides is 1. The van der Waals surface area contributed by atoms with Gasteiger partial charge < -0.3 is 14.6 Å². The second-order valence-electron chi connectivity index (χ2n) is 11.0. The molecule has 1 aromatic heterocycles. The molecular weight excluding hydrogens is 448 g/mol. The summed E-state index contributed by atoms with van der Waals surface area (Å²) in [7, 11) is 0. The number of nitrogens with one attached hydrogen (secondary N) is 1. The molecule has 1 amide bonds. The molecule has 1 heterocycles. The maximum Gasteiger partial charge on any atom is 0.243 e. The van der Waals surface area contributed by atoms with Crippen LogP contribution < -0.4 is 5.32 Å². The molecule has 5 nitrogen and oxygen atoms in total. The SMILES string of the molecule is O=C(NC1CCCC1)C(C1CCCCC1)n1c(COCC2CCCCC2)nc2cc(F)c(F)cc21. The number of halogens is 2. The number of benzene rings is 1. The summed E-state index contributed by atoms with van der Waals surface area (Å²) in [5.74, 6) is -0.545. The monoisotopic (exact) mass is 487 g/mol. The quantitative estimate of drug-likeness (QED) is 0.457. The molecule has 5 rings (SSSR count). The molecule has 3 saturated carbocycles. The van der Waals surface area contributed by atoms with Gasteiger partial charge in [0.25, 0.3) is 0 Å². The van der Waals surface area contributed by atoms with Gasteiger partial charge in [0.2, 0.25) is 5.91 Å². The number of nitrogens with zero attached hydrogens (tertiary/aromatic N) is 2. The van der Waals surface area contributed by atoms with E-state index in [1.165, 1.54) is 44.6 Å². The lowest BCUT2D eigenvalue weighted by atomic mass is 9.83. The van der Waals surface area contributed by atoms with E-state index in [4.69, 9.17) is 4.74 Å². The Bertz CT molecular complexity index is 1010. The van der Waals surface area contributed by atoms with Crippen molar-refractivity contribution in [3.63, 3.8) is 0 Å². The van der Waals surface area contributed by atoms with Crippen LogP contribution in [0.3, 0.4) is 0 Å². The summed E-state index contributed by atoms with van der Waals surface area (Å²) in [5.41, 5.74) is 0.868. The molecular formula is C28H39F2N3O2. The van der Waals surface area contributed by atoms with E-state index in [2.05, 4.69) is 10.3 Å². The van der Waals surface area contributed by atoms with E-state index in [-0.39, 0.29) is 24.5 Å². The molecule has 1 N–H and O–H groups in total. The van der Waals surface area contributed by atoms with Crippen LogP contribution in [0.2, 0.25) is 0 Å². The summed E-state index contributed by atoms with van der Waals surface area (Å²) in [6, 6.07) is 2.07. The van der Waals surface area contributed by atoms with Crippen molar-refractivity contribution in [2.75, 3.05) is 6.61 Å². The van der Waals surface area contributed by atoms with E-state index >= 15 is 0 Å². The minimum absolute atomic E-state index is 0.0126. The van der Waals surface area contributed by atoms with Crippen LogP contribution in [0.15, 0.2) is 12.1 Å². The number of imidazole rings is 1. The van der Waals surface area contributed by atoms with Gasteiger partial charge >= 0.3 is 0 Å². The zero-order valence-electron chi connectivity index (χ0n) is 20.7. The fourth-order valence-corrected chi connectivity index (χ4v) is 6.57. The first-order valence-electron chi connectivity index (χ1n) is 13.8. The summed E-state index contributed by atoms with van der Waals surface area (Å²) in [6.45, 7) is 0.905. The minimum atomic E-state index is -0.915. The number of rotatable bonds is 8. The summed E-state index contributed by atoms with van der Waals surface area (Å²) in [6.07, 6.45) is 15.7. The Morgan fingerprint density at radius 1 is 0.943 bits per heavy atom. The molecule has 3 aliphatic carbocycles. The summed E-state index contributed by atoms with van der Waals surface area (Å²) >= 11 is 0. The predicted molar refractivity (Wildman–Crippen MR) is 132 cm³/mol. The van der Waals surface area contributed by atoms with Crippen LogP contribution >= 0.6 is 0 Å². The van der Waals surface area contributed by atoms with Crippen molar-refractivity contribution in [2.45, 2.75) is 109 Å². The predicted octanol–water partition coefficient (Wildman–Crippen LogP) is 6.59. The molecule has 0 radical (unpaired) electrons. The van der Waals surface area contributed by atoms with E-state index in [9.17, 15) is 13.6 Å². The van der Waals surface area contributed by atoms with E-state index in [0.717, 1.165) is 57.4 Å². The molecule has 192 valence electrons. The number of hydrogen-bond donors (Lipinski definition) is 1. The summed E-state index contributed by atoms with van der Waals surface area (Å²) in [4.78, 5) is 18.5. The Kier molecular flexibility index (Phi) is 8.01. The van der Waals surface area contributed by atoms with Gasteiger partial charge in [-0.1, -0.05) is 51.4 Å². The molecule has 35 heavy (non-hydrogen) atoms. The molecule has 0 bridgehead atoms. The van der Waals surface area contributed by atoms with Gasteiger partial charge in [0, 0.05) is 24.8 Å². The molecule has 2 aromatic rings. The van der Waals surface area contributed by atoms with Crippen LogP contribution in [0.4, 0.5) is 8.78 Å². The summed E-state index contributed by atoms with van der Waals surface area (Å²) < 4.78 is 36.6. The highest BCUT2D eigenvalue weighted by Crippen LogP contribution is 2.37. The average Bonchev–Trinajstić information content (AvgIpc) is 3.49. The number of hydrogen-bond acceptors (Lipinski definition) is 3. The fourth-order valence-electron chi connectivity index (χ4n) is 6.57. The second kappa shape index (κ2) is 11.4. The van der Waals surface area contributed by atoms with Crippen LogP contribution in [0.5, 0.6) is 0 Å². The van der Waals surface area contributed by atoms with Crippen LogP contribution in [0, 0.1) is 23.5 Å². The smallest absolute Gasteiger partial charge is 0.243 e. The number of carbonyl (C=O) groups excluding carboxylic acids is 1. The maximum atomic E-state index is 14.4. The number of fused-ring (bicyclic) bond motifs is 1. The Morgan fingerprint density at radius 2 is 1.57 bits per heavy atom. The van der Waals surface area contributed by atoms with Crippen LogP contribution in [0.1, 0.15) is 102 Å². The van der Waals surface area contributed by atoms with Gasteiger partial charge in [0.1, 0.15) is 18.5 Å². The van der Waals surface area contributed by atoms with Gasteiger partial charge in [0.15, 0.2) is 11.6 Å². The topological polar surface area (TPSA) is 56.2 Å². The Morgan fingerprint density at radius 3 is 2.29 bits per heavy atom. The van der Waals surface area contributed by atoms with Crippen molar-refractivity contribution in [2.24, 2.45) is 11.8 Å². The van der Waals surface area contributed by atoms with Gasteiger partial charge in [-0.2, -0.15) is 0 Å². The fraction of sp³-hybridized carbons (Fsp3) is 0.714. The van der Waals surface area contributed by atoms with Crippen molar-refractivity contribution in [1.82, 2.24) is 14.9 Å². The van der Waals surface area contributed by atoms with E-state index < -0.39 is 17.7 Å². The first-order chi connectivity index (χ1) is 17.1. The molecule has 0 saturated heterocycles. The number of aromatic nitrogens is 2. The number of ether oxygens (including phenoxy) is 1. The lowest BCUT2D eigenvalue weighted by molar-refractivity contribution is -0.127. The summed E-state index contributed by atoms with van der Waals surface area (Å²) in [5, 5.41) is 3.29. The standard InChI is InChI=1S/C28H39F2N3O2/c29-22-15-24-25(16-23(22)30)33(26(32-24)18-35-17-19-9-3-1-4-10-19)27(20-11-5-2-6-12-20)28(34)31-21-13-7-8-14-21/h15-16,19-21,27H,1-14,17-18H2,(H,31,34). The molecule has 3 aliphatic rings. The average molecular weight is 488 g/mol. The van der Waals surface area contributed by atoms with Gasteiger partial charge in [-0.3, -0.25) is 4.79 Å². The number of carbonyl (C=O) groups is 1. The first-order valence-corrected chi connectivity index (χ1v) is 13.8. The lowest BCUT2D eigenvalue weighted by Crippen LogP contribution is -2.42. The van der Waals surface area contributed by atoms with E-state index in [0.29, 0.717) is 29.4 Å². The van der Waals surface area contributed by atoms with Crippen LogP contribution in [0.25, 0.3) is 11.0 Å². The molecule has 0 aliphatic heterocycles. The largest absolute Gasteiger partial charge is 0.373 e. The normalized spacial score (nSPS) is 21.5. The highest BCUT2D eigenvalue weighted by molar-refractivity contribution is 5.85. The first kappa shape index (κ1) is 24.7. The zero-order chi connectivity index (χ0) is 24.2. The molecule has 7 heteroatoms. The Balaban J connectivity index is 1.47. The third-order valence-corrected chi connectivity index (χ3v) is 8.46. The lowest BCUT2D eigenvalue weighted by Gasteiger charge is -2.32. The van der Waals surface area contributed by atoms with Gasteiger partial charge in [-0.05, 0) is 50.4 Å². The molecule has 1 atom stereocenters. The highest BCUT2D eigenvalue weighted by atomic mass is 19.2. The van der Waals surface area contributed by atoms with Crippen molar-refractivity contribution in [3.8, 4) is 0 Å². The molecule has 1 unspecified atom stereocenters. The Hall–Kier alpha value is -2.02. The molecule has 0 spiro atoms. The van der Waals surface area contributed by atoms with Gasteiger partial charge in [-0.25, -0.2) is 13.8 Å². The highest BCUT2D eigenvalue weighted by Gasteiger charge is 2.35. The van der Waals surface area contributed by atoms with Crippen molar-refractivity contribution in [1.29, 1.82) is 0 Å². The van der Waals surface area contributed by atoms with E-state index in [1.54, 1.807) is 0 Å². The van der Waals surface area contributed by atoms with Crippen molar-refractivity contribution < 1.29 is 18.3 Å². The molecule has 1 aromatic carbocycles. The minimum Gasteiger partial charge on any atom is -0.373 e. The third kappa shape index (κ3) is 5.71. The van der Waals surface area contributed by atoms with Crippen molar-refractivity contribution >= 4 is 16.9 Å². The van der Waals surface area contributed by atoms with Crippen molar-refractivity contribution in [3.05, 3.63) is 29.6 Å². The van der Waals surface area contributed by atoms with Crippen LogP contribution in [-0.2, 0) is 16.1 Å².